The van der Waals surface area contributed by atoms with Crippen molar-refractivity contribution in [2.45, 2.75) is 5.03 Å². The molecule has 0 unspecified atom stereocenters. The van der Waals surface area contributed by atoms with Crippen LogP contribution in [0.15, 0.2) is 28.3 Å². The average Bonchev–Trinajstić information content (AvgIpc) is 2.80. The van der Waals surface area contributed by atoms with E-state index < -0.39 is 0 Å². The number of aliphatic imine (C=N–C) groups is 1. The van der Waals surface area contributed by atoms with Crippen molar-refractivity contribution in [1.82, 2.24) is 10.3 Å². The molecule has 4 nitrogen and oxygen atoms in total. The molecule has 80 valence electrons. The first-order valence-electron chi connectivity index (χ1n) is 4.89. The first kappa shape index (κ1) is 10.4. The van der Waals surface area contributed by atoms with Gasteiger partial charge in [-0.3, -0.25) is 4.99 Å². The summed E-state index contributed by atoms with van der Waals surface area (Å²) in [7, 11) is 0. The van der Waals surface area contributed by atoms with Gasteiger partial charge in [-0.05, 0) is 12.1 Å². The number of hydrogen-bond donors (Lipinski definition) is 2. The molecule has 0 radical (unpaired) electrons. The molecule has 5 heteroatoms. The lowest BCUT2D eigenvalue weighted by molar-refractivity contribution is 0.322. The van der Waals surface area contributed by atoms with Crippen molar-refractivity contribution in [3.05, 3.63) is 23.9 Å². The third kappa shape index (κ3) is 2.49. The summed E-state index contributed by atoms with van der Waals surface area (Å²) in [6.07, 6.45) is 1.76. The number of aliphatic hydroxyl groups excluding tert-OH is 1. The number of amidine groups is 1. The van der Waals surface area contributed by atoms with Crippen LogP contribution < -0.4 is 5.32 Å². The molecule has 2 rings (SSSR count). The van der Waals surface area contributed by atoms with E-state index in [4.69, 9.17) is 5.11 Å². The Hall–Kier alpha value is -1.07. The van der Waals surface area contributed by atoms with Gasteiger partial charge in [0.05, 0.1) is 13.2 Å². The molecule has 1 aromatic heterocycles. The number of nitrogens with zero attached hydrogens (tertiary/aromatic N) is 2. The number of pyridine rings is 1. The van der Waals surface area contributed by atoms with Crippen molar-refractivity contribution in [3.8, 4) is 0 Å². The standard InChI is InChI=1S/C10H13N3OS/c14-6-7-15-10-8(2-1-3-13-10)9-11-4-5-12-9/h1-3,14H,4-7H2,(H,11,12). The van der Waals surface area contributed by atoms with Gasteiger partial charge < -0.3 is 10.4 Å². The van der Waals surface area contributed by atoms with Crippen LogP contribution in [0.3, 0.4) is 0 Å². The second-order valence-corrected chi connectivity index (χ2v) is 4.17. The number of thioether (sulfide) groups is 1. The molecule has 0 bridgehead atoms. The highest BCUT2D eigenvalue weighted by molar-refractivity contribution is 7.99. The van der Waals surface area contributed by atoms with Crippen molar-refractivity contribution in [1.29, 1.82) is 0 Å². The van der Waals surface area contributed by atoms with Gasteiger partial charge >= 0.3 is 0 Å². The fraction of sp³-hybridized carbons (Fsp3) is 0.400. The van der Waals surface area contributed by atoms with Gasteiger partial charge in [0.25, 0.3) is 0 Å². The van der Waals surface area contributed by atoms with Crippen molar-refractivity contribution in [2.24, 2.45) is 4.99 Å². The summed E-state index contributed by atoms with van der Waals surface area (Å²) in [5, 5.41) is 12.9. The molecule has 2 heterocycles. The van der Waals surface area contributed by atoms with E-state index in [0.29, 0.717) is 5.75 Å². The highest BCUT2D eigenvalue weighted by Crippen LogP contribution is 2.20. The smallest absolute Gasteiger partial charge is 0.131 e. The lowest BCUT2D eigenvalue weighted by atomic mass is 10.2. The van der Waals surface area contributed by atoms with Crippen LogP contribution in [0, 0.1) is 0 Å². The van der Waals surface area contributed by atoms with Crippen LogP contribution in [0.25, 0.3) is 0 Å². The maximum atomic E-state index is 8.79. The van der Waals surface area contributed by atoms with E-state index in [1.165, 1.54) is 0 Å². The maximum Gasteiger partial charge on any atom is 0.131 e. The number of aliphatic hydroxyl groups is 1. The van der Waals surface area contributed by atoms with Crippen LogP contribution in [0.1, 0.15) is 5.56 Å². The van der Waals surface area contributed by atoms with Crippen LogP contribution in [-0.2, 0) is 0 Å². The van der Waals surface area contributed by atoms with Crippen molar-refractivity contribution in [3.63, 3.8) is 0 Å². The largest absolute Gasteiger partial charge is 0.396 e. The van der Waals surface area contributed by atoms with Gasteiger partial charge in [-0.2, -0.15) is 0 Å². The molecule has 0 fully saturated rings. The summed E-state index contributed by atoms with van der Waals surface area (Å²) in [6.45, 7) is 1.89. The van der Waals surface area contributed by atoms with Gasteiger partial charge in [-0.25, -0.2) is 4.98 Å². The van der Waals surface area contributed by atoms with E-state index in [0.717, 1.165) is 29.5 Å². The Bertz CT molecular complexity index is 367. The van der Waals surface area contributed by atoms with Gasteiger partial charge in [0.2, 0.25) is 0 Å². The Morgan fingerprint density at radius 2 is 2.47 bits per heavy atom. The lowest BCUT2D eigenvalue weighted by Crippen LogP contribution is -2.20. The molecule has 0 atom stereocenters. The van der Waals surface area contributed by atoms with E-state index >= 15 is 0 Å². The lowest BCUT2D eigenvalue weighted by Gasteiger charge is -2.07. The third-order valence-corrected chi connectivity index (χ3v) is 3.02. The molecule has 0 saturated heterocycles. The second-order valence-electron chi connectivity index (χ2n) is 3.09. The zero-order valence-electron chi connectivity index (χ0n) is 8.31. The van der Waals surface area contributed by atoms with Crippen LogP contribution in [-0.4, -0.2) is 41.4 Å². The Morgan fingerprint density at radius 3 is 3.20 bits per heavy atom. The minimum Gasteiger partial charge on any atom is -0.396 e. The van der Waals surface area contributed by atoms with E-state index in [1.54, 1.807) is 18.0 Å². The van der Waals surface area contributed by atoms with Crippen molar-refractivity contribution >= 4 is 17.6 Å². The van der Waals surface area contributed by atoms with Gasteiger partial charge in [0.15, 0.2) is 0 Å². The van der Waals surface area contributed by atoms with E-state index in [-0.39, 0.29) is 6.61 Å². The van der Waals surface area contributed by atoms with Gasteiger partial charge in [-0.1, -0.05) is 0 Å². The van der Waals surface area contributed by atoms with Crippen molar-refractivity contribution in [2.75, 3.05) is 25.4 Å². The molecule has 0 spiro atoms. The van der Waals surface area contributed by atoms with Crippen LogP contribution in [0.5, 0.6) is 0 Å². The Balaban J connectivity index is 2.21. The second kappa shape index (κ2) is 5.14. The van der Waals surface area contributed by atoms with E-state index in [1.807, 2.05) is 12.1 Å². The molecule has 1 aliphatic heterocycles. The van der Waals surface area contributed by atoms with E-state index in [9.17, 15) is 0 Å². The molecule has 0 saturated carbocycles. The van der Waals surface area contributed by atoms with Gasteiger partial charge in [-0.15, -0.1) is 11.8 Å². The number of rotatable bonds is 4. The quantitative estimate of drug-likeness (QED) is 0.730. The first-order chi connectivity index (χ1) is 7.42. The fourth-order valence-electron chi connectivity index (χ4n) is 1.41. The number of nitrogens with one attached hydrogen (secondary N) is 1. The van der Waals surface area contributed by atoms with Gasteiger partial charge in [0, 0.05) is 24.1 Å². The molecule has 0 amide bonds. The topological polar surface area (TPSA) is 57.5 Å². The molecule has 1 aromatic rings. The molecular weight excluding hydrogens is 210 g/mol. The normalized spacial score (nSPS) is 14.9. The molecule has 0 aromatic carbocycles. The zero-order chi connectivity index (χ0) is 10.5. The van der Waals surface area contributed by atoms with Gasteiger partial charge in [0.1, 0.15) is 10.9 Å². The summed E-state index contributed by atoms with van der Waals surface area (Å²) in [5.74, 6) is 1.58. The first-order valence-corrected chi connectivity index (χ1v) is 5.88. The Kier molecular flexibility index (Phi) is 3.58. The summed E-state index contributed by atoms with van der Waals surface area (Å²) in [4.78, 5) is 8.66. The van der Waals surface area contributed by atoms with Crippen LogP contribution >= 0.6 is 11.8 Å². The van der Waals surface area contributed by atoms with Crippen molar-refractivity contribution < 1.29 is 5.11 Å². The highest BCUT2D eigenvalue weighted by atomic mass is 32.2. The SMILES string of the molecule is OCCSc1ncccc1C1=NCCN1. The molecule has 2 N–H and O–H groups in total. The molecule has 15 heavy (non-hydrogen) atoms. The minimum atomic E-state index is 0.167. The third-order valence-electron chi connectivity index (χ3n) is 2.03. The zero-order valence-corrected chi connectivity index (χ0v) is 9.13. The molecule has 1 aliphatic rings. The highest BCUT2D eigenvalue weighted by Gasteiger charge is 2.12. The summed E-state index contributed by atoms with van der Waals surface area (Å²) in [5.41, 5.74) is 1.04. The predicted octanol–water partition coefficient (Wildman–Crippen LogP) is 0.516. The number of hydrogen-bond acceptors (Lipinski definition) is 5. The summed E-state index contributed by atoms with van der Waals surface area (Å²) < 4.78 is 0. The Labute approximate surface area is 92.8 Å². The average molecular weight is 223 g/mol. The fourth-order valence-corrected chi connectivity index (χ4v) is 2.15. The predicted molar refractivity (Wildman–Crippen MR) is 61.5 cm³/mol. The maximum absolute atomic E-state index is 8.79. The summed E-state index contributed by atoms with van der Waals surface area (Å²) in [6, 6.07) is 3.91. The molecule has 0 aliphatic carbocycles. The van der Waals surface area contributed by atoms with Crippen LogP contribution in [0.2, 0.25) is 0 Å². The monoisotopic (exact) mass is 223 g/mol. The van der Waals surface area contributed by atoms with E-state index in [2.05, 4.69) is 15.3 Å². The minimum absolute atomic E-state index is 0.167. The Morgan fingerprint density at radius 1 is 1.53 bits per heavy atom. The molecular formula is C10H13N3OS. The number of aromatic nitrogens is 1. The summed E-state index contributed by atoms with van der Waals surface area (Å²) >= 11 is 1.55. The van der Waals surface area contributed by atoms with Crippen LogP contribution in [0.4, 0.5) is 0 Å².